The maximum absolute atomic E-state index is 9.69. The van der Waals surface area contributed by atoms with E-state index in [0.717, 1.165) is 18.9 Å². The monoisotopic (exact) mass is 197 g/mol. The quantitative estimate of drug-likeness (QED) is 0.749. The highest BCUT2D eigenvalue weighted by Gasteiger charge is 2.41. The molecule has 0 aromatic heterocycles. The molecule has 2 fully saturated rings. The average molecular weight is 197 g/mol. The molecule has 3 atom stereocenters. The van der Waals surface area contributed by atoms with Gasteiger partial charge in [0.15, 0.2) is 0 Å². The molecular weight excluding hydrogens is 174 g/mol. The Balaban J connectivity index is 1.99. The molecule has 0 aromatic rings. The van der Waals surface area contributed by atoms with E-state index in [1.807, 2.05) is 0 Å². The summed E-state index contributed by atoms with van der Waals surface area (Å²) in [6.07, 6.45) is 7.24. The van der Waals surface area contributed by atoms with Crippen LogP contribution in [0.15, 0.2) is 0 Å². The summed E-state index contributed by atoms with van der Waals surface area (Å²) < 4.78 is 0. The molecule has 0 aliphatic carbocycles. The lowest BCUT2D eigenvalue weighted by Crippen LogP contribution is -2.49. The van der Waals surface area contributed by atoms with Crippen LogP contribution in [0.2, 0.25) is 0 Å². The van der Waals surface area contributed by atoms with Crippen LogP contribution in [0.1, 0.15) is 52.4 Å². The molecule has 2 nitrogen and oxygen atoms in total. The van der Waals surface area contributed by atoms with Gasteiger partial charge in [0.05, 0.1) is 6.10 Å². The Labute approximate surface area is 87.3 Å². The zero-order chi connectivity index (χ0) is 10.1. The zero-order valence-corrected chi connectivity index (χ0v) is 9.45. The summed E-state index contributed by atoms with van der Waals surface area (Å²) in [5, 5.41) is 9.69. The standard InChI is InChI=1S/C12H23NO/c1-3-4-9(2)13-10-5-6-11(13)8-12(14)7-10/h9-12,14H,3-8H2,1-2H3. The first-order valence-electron chi connectivity index (χ1n) is 6.17. The summed E-state index contributed by atoms with van der Waals surface area (Å²) in [6, 6.07) is 2.10. The Bertz CT molecular complexity index is 181. The van der Waals surface area contributed by atoms with Gasteiger partial charge in [-0.05, 0) is 39.0 Å². The Kier molecular flexibility index (Phi) is 3.13. The SMILES string of the molecule is CCCC(C)N1C2CCC1CC(O)C2. The van der Waals surface area contributed by atoms with Gasteiger partial charge in [-0.15, -0.1) is 0 Å². The van der Waals surface area contributed by atoms with E-state index < -0.39 is 0 Å². The number of aliphatic hydroxyl groups excluding tert-OH is 1. The van der Waals surface area contributed by atoms with Crippen molar-refractivity contribution >= 4 is 0 Å². The lowest BCUT2D eigenvalue weighted by Gasteiger charge is -2.41. The molecule has 2 bridgehead atoms. The van der Waals surface area contributed by atoms with E-state index in [1.165, 1.54) is 25.7 Å². The lowest BCUT2D eigenvalue weighted by molar-refractivity contribution is 0.0125. The van der Waals surface area contributed by atoms with Crippen molar-refractivity contribution in [2.45, 2.75) is 76.6 Å². The Morgan fingerprint density at radius 3 is 2.36 bits per heavy atom. The normalized spacial score (nSPS) is 40.1. The van der Waals surface area contributed by atoms with E-state index in [4.69, 9.17) is 0 Å². The zero-order valence-electron chi connectivity index (χ0n) is 9.45. The molecule has 3 unspecified atom stereocenters. The number of rotatable bonds is 3. The van der Waals surface area contributed by atoms with Gasteiger partial charge in [0.25, 0.3) is 0 Å². The number of hydrogen-bond donors (Lipinski definition) is 1. The first-order valence-corrected chi connectivity index (χ1v) is 6.17. The number of hydrogen-bond acceptors (Lipinski definition) is 2. The second kappa shape index (κ2) is 4.19. The van der Waals surface area contributed by atoms with Gasteiger partial charge in [0.1, 0.15) is 0 Å². The summed E-state index contributed by atoms with van der Waals surface area (Å²) in [7, 11) is 0. The van der Waals surface area contributed by atoms with Gasteiger partial charge in [-0.25, -0.2) is 0 Å². The van der Waals surface area contributed by atoms with Crippen molar-refractivity contribution in [3.63, 3.8) is 0 Å². The van der Waals surface area contributed by atoms with Crippen LogP contribution < -0.4 is 0 Å². The van der Waals surface area contributed by atoms with Gasteiger partial charge in [-0.2, -0.15) is 0 Å². The summed E-state index contributed by atoms with van der Waals surface area (Å²) in [5.41, 5.74) is 0. The fraction of sp³-hybridized carbons (Fsp3) is 1.00. The minimum atomic E-state index is -0.0161. The largest absolute Gasteiger partial charge is 0.393 e. The van der Waals surface area contributed by atoms with Crippen LogP contribution in [-0.2, 0) is 0 Å². The molecule has 0 aromatic carbocycles. The van der Waals surface area contributed by atoms with Crippen molar-refractivity contribution in [3.05, 3.63) is 0 Å². The third-order valence-corrected chi connectivity index (χ3v) is 3.98. The van der Waals surface area contributed by atoms with Gasteiger partial charge in [0.2, 0.25) is 0 Å². The lowest BCUT2D eigenvalue weighted by atomic mass is 9.97. The maximum atomic E-state index is 9.69. The predicted octanol–water partition coefficient (Wildman–Crippen LogP) is 2.16. The van der Waals surface area contributed by atoms with Crippen LogP contribution in [0.25, 0.3) is 0 Å². The van der Waals surface area contributed by atoms with Crippen LogP contribution in [0.4, 0.5) is 0 Å². The molecule has 2 saturated heterocycles. The second-order valence-corrected chi connectivity index (χ2v) is 5.10. The highest BCUT2D eigenvalue weighted by molar-refractivity contribution is 4.97. The smallest absolute Gasteiger partial charge is 0.0570 e. The van der Waals surface area contributed by atoms with Gasteiger partial charge in [-0.3, -0.25) is 4.90 Å². The molecule has 0 saturated carbocycles. The average Bonchev–Trinajstić information content (AvgIpc) is 2.39. The summed E-state index contributed by atoms with van der Waals surface area (Å²) in [5.74, 6) is 0. The first-order chi connectivity index (χ1) is 6.72. The van der Waals surface area contributed by atoms with Crippen LogP contribution in [-0.4, -0.2) is 34.2 Å². The van der Waals surface area contributed by atoms with Gasteiger partial charge >= 0.3 is 0 Å². The van der Waals surface area contributed by atoms with Crippen LogP contribution in [0, 0.1) is 0 Å². The highest BCUT2D eigenvalue weighted by Crippen LogP contribution is 2.37. The number of piperidine rings is 1. The molecule has 82 valence electrons. The molecule has 2 rings (SSSR count). The van der Waals surface area contributed by atoms with E-state index in [-0.39, 0.29) is 6.10 Å². The maximum Gasteiger partial charge on any atom is 0.0570 e. The van der Waals surface area contributed by atoms with Crippen LogP contribution >= 0.6 is 0 Å². The molecule has 2 heterocycles. The van der Waals surface area contributed by atoms with Crippen molar-refractivity contribution in [1.29, 1.82) is 0 Å². The molecule has 0 amide bonds. The van der Waals surface area contributed by atoms with Gasteiger partial charge < -0.3 is 5.11 Å². The highest BCUT2D eigenvalue weighted by atomic mass is 16.3. The Morgan fingerprint density at radius 1 is 1.29 bits per heavy atom. The predicted molar refractivity (Wildman–Crippen MR) is 58.3 cm³/mol. The van der Waals surface area contributed by atoms with E-state index >= 15 is 0 Å². The minimum Gasteiger partial charge on any atom is -0.393 e. The summed E-state index contributed by atoms with van der Waals surface area (Å²) in [6.45, 7) is 4.61. The van der Waals surface area contributed by atoms with Crippen LogP contribution in [0.3, 0.4) is 0 Å². The third kappa shape index (κ3) is 1.82. The molecule has 0 radical (unpaired) electrons. The van der Waals surface area contributed by atoms with Crippen molar-refractivity contribution in [1.82, 2.24) is 4.90 Å². The second-order valence-electron chi connectivity index (χ2n) is 5.10. The number of aliphatic hydroxyl groups is 1. The molecule has 14 heavy (non-hydrogen) atoms. The molecule has 0 spiro atoms. The fourth-order valence-electron chi connectivity index (χ4n) is 3.47. The molecule has 2 aliphatic rings. The van der Waals surface area contributed by atoms with Crippen molar-refractivity contribution in [2.24, 2.45) is 0 Å². The Hall–Kier alpha value is -0.0800. The van der Waals surface area contributed by atoms with E-state index in [2.05, 4.69) is 18.7 Å². The molecule has 2 aliphatic heterocycles. The third-order valence-electron chi connectivity index (χ3n) is 3.98. The fourth-order valence-corrected chi connectivity index (χ4v) is 3.47. The van der Waals surface area contributed by atoms with E-state index in [9.17, 15) is 5.11 Å². The topological polar surface area (TPSA) is 23.5 Å². The molecule has 1 N–H and O–H groups in total. The number of nitrogens with zero attached hydrogens (tertiary/aromatic N) is 1. The summed E-state index contributed by atoms with van der Waals surface area (Å²) in [4.78, 5) is 2.69. The molecular formula is C12H23NO. The van der Waals surface area contributed by atoms with Crippen molar-refractivity contribution in [3.8, 4) is 0 Å². The first kappa shape index (κ1) is 10.4. The minimum absolute atomic E-state index is 0.0161. The summed E-state index contributed by atoms with van der Waals surface area (Å²) >= 11 is 0. The number of fused-ring (bicyclic) bond motifs is 2. The van der Waals surface area contributed by atoms with Crippen molar-refractivity contribution < 1.29 is 5.11 Å². The van der Waals surface area contributed by atoms with Gasteiger partial charge in [0, 0.05) is 18.1 Å². The van der Waals surface area contributed by atoms with Crippen LogP contribution in [0.5, 0.6) is 0 Å². The Morgan fingerprint density at radius 2 is 1.86 bits per heavy atom. The van der Waals surface area contributed by atoms with Gasteiger partial charge in [-0.1, -0.05) is 13.3 Å². The molecule has 2 heteroatoms. The van der Waals surface area contributed by atoms with E-state index in [0.29, 0.717) is 12.1 Å². The van der Waals surface area contributed by atoms with E-state index in [1.54, 1.807) is 0 Å². The van der Waals surface area contributed by atoms with Crippen molar-refractivity contribution in [2.75, 3.05) is 0 Å².